The van der Waals surface area contributed by atoms with Crippen LogP contribution in [0.1, 0.15) is 0 Å². The van der Waals surface area contributed by atoms with E-state index in [2.05, 4.69) is 10.5 Å². The average molecular weight is 514 g/mol. The Kier molecular flexibility index (Phi) is 20.1. The van der Waals surface area contributed by atoms with E-state index in [-0.39, 0.29) is 65.3 Å². The predicted octanol–water partition coefficient (Wildman–Crippen LogP) is -4.52. The van der Waals surface area contributed by atoms with Crippen LogP contribution in [0.2, 0.25) is 0 Å². The number of carbonyl (C=O) groups is 3. The van der Waals surface area contributed by atoms with Crippen LogP contribution in [0, 0.1) is 4.91 Å². The molecule has 0 spiro atoms. The van der Waals surface area contributed by atoms with E-state index >= 15 is 0 Å². The quantitative estimate of drug-likeness (QED) is 0.0556. The van der Waals surface area contributed by atoms with E-state index in [1.54, 1.807) is 0 Å². The highest BCUT2D eigenvalue weighted by atomic mass is 16.5. The number of ketones is 1. The van der Waals surface area contributed by atoms with E-state index in [9.17, 15) is 39.7 Å². The fourth-order valence-electron chi connectivity index (χ4n) is 2.19. The fraction of sp³-hybridized carbons (Fsp3) is 0.842. The standard InChI is InChI=1S/C19H34N2O14/c22-9-13(23)17(27)19(29)18(28)14(24)10-33-6-3-31-2-1-20-15(25)11-34-7-4-32-5-8-35-12-16(26)21-30/h13,17-19,22-23,27-29H,1-12H2,(H,20,25). The lowest BCUT2D eigenvalue weighted by Crippen LogP contribution is -2.49. The van der Waals surface area contributed by atoms with E-state index in [1.807, 2.05) is 0 Å². The van der Waals surface area contributed by atoms with E-state index in [4.69, 9.17) is 28.8 Å². The number of aliphatic hydroxyl groups excluding tert-OH is 5. The Morgan fingerprint density at radius 2 is 1.23 bits per heavy atom. The summed E-state index contributed by atoms with van der Waals surface area (Å²) in [6, 6.07) is 0. The summed E-state index contributed by atoms with van der Waals surface area (Å²) in [5, 5.41) is 51.3. The third kappa shape index (κ3) is 17.1. The molecular formula is C19H34N2O14. The number of Topliss-reactive ketones (excluding diaryl/α,β-unsaturated/α-hetero) is 1. The van der Waals surface area contributed by atoms with Gasteiger partial charge in [-0.3, -0.25) is 14.4 Å². The van der Waals surface area contributed by atoms with E-state index < -0.39 is 55.9 Å². The molecule has 204 valence electrons. The van der Waals surface area contributed by atoms with Crippen molar-refractivity contribution >= 4 is 17.6 Å². The van der Waals surface area contributed by atoms with Crippen molar-refractivity contribution in [3.05, 3.63) is 4.91 Å². The van der Waals surface area contributed by atoms with Gasteiger partial charge in [0, 0.05) is 11.7 Å². The van der Waals surface area contributed by atoms with Gasteiger partial charge in [-0.05, 0) is 0 Å². The van der Waals surface area contributed by atoms with Gasteiger partial charge in [-0.2, -0.15) is 0 Å². The van der Waals surface area contributed by atoms with Crippen LogP contribution in [0.4, 0.5) is 0 Å². The van der Waals surface area contributed by atoms with Crippen LogP contribution in [0.3, 0.4) is 0 Å². The van der Waals surface area contributed by atoms with Gasteiger partial charge in [0.15, 0.2) is 5.78 Å². The van der Waals surface area contributed by atoms with Crippen LogP contribution in [0.15, 0.2) is 5.18 Å². The van der Waals surface area contributed by atoms with Crippen molar-refractivity contribution in [1.82, 2.24) is 5.32 Å². The summed E-state index contributed by atoms with van der Waals surface area (Å²) in [6.45, 7) is -0.999. The van der Waals surface area contributed by atoms with Crippen molar-refractivity contribution in [3.8, 4) is 0 Å². The highest BCUT2D eigenvalue weighted by Gasteiger charge is 2.33. The molecule has 0 aliphatic carbocycles. The third-order valence-electron chi connectivity index (χ3n) is 4.07. The lowest BCUT2D eigenvalue weighted by Gasteiger charge is -2.24. The lowest BCUT2D eigenvalue weighted by atomic mass is 10.0. The fourth-order valence-corrected chi connectivity index (χ4v) is 2.19. The molecule has 4 atom stereocenters. The maximum Gasteiger partial charge on any atom is 0.311 e. The van der Waals surface area contributed by atoms with Gasteiger partial charge in [0.2, 0.25) is 5.91 Å². The van der Waals surface area contributed by atoms with Gasteiger partial charge >= 0.3 is 5.91 Å². The Hall–Kier alpha value is -1.99. The van der Waals surface area contributed by atoms with Crippen LogP contribution in [-0.2, 0) is 38.1 Å². The number of rotatable bonds is 23. The highest BCUT2D eigenvalue weighted by Crippen LogP contribution is 2.06. The number of aliphatic hydroxyl groups is 5. The molecular weight excluding hydrogens is 480 g/mol. The summed E-state index contributed by atoms with van der Waals surface area (Å²) in [7, 11) is 0. The van der Waals surface area contributed by atoms with Gasteiger partial charge < -0.3 is 54.5 Å². The molecule has 35 heavy (non-hydrogen) atoms. The largest absolute Gasteiger partial charge is 0.394 e. The second-order valence-corrected chi connectivity index (χ2v) is 6.86. The van der Waals surface area contributed by atoms with Gasteiger partial charge in [0.05, 0.1) is 52.9 Å². The summed E-state index contributed by atoms with van der Waals surface area (Å²) >= 11 is 0. The first-order valence-electron chi connectivity index (χ1n) is 10.6. The second-order valence-electron chi connectivity index (χ2n) is 6.86. The third-order valence-corrected chi connectivity index (χ3v) is 4.07. The van der Waals surface area contributed by atoms with Crippen LogP contribution < -0.4 is 5.32 Å². The molecule has 0 aromatic carbocycles. The zero-order valence-electron chi connectivity index (χ0n) is 19.2. The number of amides is 2. The minimum Gasteiger partial charge on any atom is -0.394 e. The summed E-state index contributed by atoms with van der Waals surface area (Å²) in [4.78, 5) is 43.6. The second kappa shape index (κ2) is 21.3. The summed E-state index contributed by atoms with van der Waals surface area (Å²) in [5.74, 6) is -2.21. The Morgan fingerprint density at radius 3 is 1.80 bits per heavy atom. The van der Waals surface area contributed by atoms with Crippen molar-refractivity contribution in [2.24, 2.45) is 5.18 Å². The van der Waals surface area contributed by atoms with Crippen molar-refractivity contribution in [2.75, 3.05) is 79.2 Å². The van der Waals surface area contributed by atoms with Crippen LogP contribution in [0.25, 0.3) is 0 Å². The van der Waals surface area contributed by atoms with Gasteiger partial charge in [0.1, 0.15) is 44.2 Å². The Bertz CT molecular complexity index is 608. The summed E-state index contributed by atoms with van der Waals surface area (Å²) in [6.07, 6.45) is -7.62. The number of nitrogens with one attached hydrogen (secondary N) is 1. The number of ether oxygens (including phenoxy) is 5. The topological polar surface area (TPSA) is 240 Å². The van der Waals surface area contributed by atoms with Crippen molar-refractivity contribution in [1.29, 1.82) is 0 Å². The van der Waals surface area contributed by atoms with Gasteiger partial charge in [-0.1, -0.05) is 0 Å². The smallest absolute Gasteiger partial charge is 0.311 e. The Balaban J connectivity index is 3.57. The Morgan fingerprint density at radius 1 is 0.714 bits per heavy atom. The maximum atomic E-state index is 11.7. The molecule has 0 aromatic heterocycles. The molecule has 4 unspecified atom stereocenters. The molecule has 16 heteroatoms. The molecule has 0 saturated carbocycles. The van der Waals surface area contributed by atoms with Crippen LogP contribution in [0.5, 0.6) is 0 Å². The molecule has 0 aromatic rings. The number of hydrogen-bond acceptors (Lipinski definition) is 14. The van der Waals surface area contributed by atoms with Crippen LogP contribution >= 0.6 is 0 Å². The molecule has 0 aliphatic heterocycles. The number of hydrogen-bond donors (Lipinski definition) is 6. The SMILES string of the molecule is O=NC(=O)COCCOCCOCC(=O)NCCOCCOCC(=O)C(O)C(O)C(O)C(O)CO. The Labute approximate surface area is 201 Å². The average Bonchev–Trinajstić information content (AvgIpc) is 2.86. The van der Waals surface area contributed by atoms with E-state index in [0.717, 1.165) is 0 Å². The zero-order valence-corrected chi connectivity index (χ0v) is 19.2. The first kappa shape index (κ1) is 33.0. The summed E-state index contributed by atoms with van der Waals surface area (Å²) in [5.41, 5.74) is 0. The summed E-state index contributed by atoms with van der Waals surface area (Å²) < 4.78 is 25.2. The number of carbonyl (C=O) groups excluding carboxylic acids is 3. The molecule has 16 nitrogen and oxygen atoms in total. The normalized spacial score (nSPS) is 14.7. The van der Waals surface area contributed by atoms with Gasteiger partial charge in [-0.25, -0.2) is 0 Å². The first-order chi connectivity index (χ1) is 16.7. The van der Waals surface area contributed by atoms with E-state index in [1.165, 1.54) is 0 Å². The molecule has 0 bridgehead atoms. The lowest BCUT2D eigenvalue weighted by molar-refractivity contribution is -0.151. The van der Waals surface area contributed by atoms with Crippen molar-refractivity contribution in [3.63, 3.8) is 0 Å². The van der Waals surface area contributed by atoms with Crippen LogP contribution in [-0.4, -0.2) is 147 Å². The zero-order chi connectivity index (χ0) is 26.5. The molecule has 0 aliphatic rings. The van der Waals surface area contributed by atoms with Gasteiger partial charge in [0.25, 0.3) is 0 Å². The number of nitroso groups, excluding NO2 is 1. The minimum absolute atomic E-state index is 0.0250. The van der Waals surface area contributed by atoms with Gasteiger partial charge in [-0.15, -0.1) is 4.91 Å². The molecule has 0 saturated heterocycles. The monoisotopic (exact) mass is 514 g/mol. The first-order valence-corrected chi connectivity index (χ1v) is 10.6. The molecule has 2 amide bonds. The molecule has 6 N–H and O–H groups in total. The maximum absolute atomic E-state index is 11.7. The van der Waals surface area contributed by atoms with Crippen molar-refractivity contribution in [2.45, 2.75) is 24.4 Å². The highest BCUT2D eigenvalue weighted by molar-refractivity contribution is 5.84. The minimum atomic E-state index is -2.01. The molecule has 0 radical (unpaired) electrons. The predicted molar refractivity (Wildman–Crippen MR) is 114 cm³/mol. The molecule has 0 heterocycles. The molecule has 0 fully saturated rings. The van der Waals surface area contributed by atoms with E-state index in [0.29, 0.717) is 0 Å². The molecule has 0 rings (SSSR count). The number of nitrogens with zero attached hydrogens (tertiary/aromatic N) is 1. The van der Waals surface area contributed by atoms with Crippen molar-refractivity contribution < 1.29 is 63.6 Å².